The third-order valence-electron chi connectivity index (χ3n) is 4.52. The first-order valence-electron chi connectivity index (χ1n) is 9.41. The Kier molecular flexibility index (Phi) is 6.04. The Labute approximate surface area is 178 Å². The average molecular weight is 427 g/mol. The van der Waals surface area contributed by atoms with Crippen molar-refractivity contribution in [2.24, 2.45) is 0 Å². The van der Waals surface area contributed by atoms with Crippen molar-refractivity contribution >= 4 is 17.3 Å². The molecule has 1 aliphatic rings. The van der Waals surface area contributed by atoms with Gasteiger partial charge in [-0.3, -0.25) is 0 Å². The van der Waals surface area contributed by atoms with Gasteiger partial charge >= 0.3 is 5.97 Å². The van der Waals surface area contributed by atoms with Crippen LogP contribution in [-0.2, 0) is 11.3 Å². The number of aromatic nitrogens is 1. The number of esters is 1. The van der Waals surface area contributed by atoms with Crippen LogP contribution in [0.2, 0.25) is 0 Å². The summed E-state index contributed by atoms with van der Waals surface area (Å²) < 4.78 is 27.3. The van der Waals surface area contributed by atoms with Crippen LogP contribution in [-0.4, -0.2) is 38.4 Å². The number of hydrogen-bond acceptors (Lipinski definition) is 8. The van der Waals surface area contributed by atoms with Crippen LogP contribution in [0.4, 0.5) is 0 Å². The number of benzene rings is 2. The third-order valence-corrected chi connectivity index (χ3v) is 5.46. The Hall–Kier alpha value is -3.26. The van der Waals surface area contributed by atoms with Crippen molar-refractivity contribution in [1.29, 1.82) is 0 Å². The number of carbonyl (C=O) groups excluding carboxylic acids is 1. The molecule has 0 spiro atoms. The number of thiazole rings is 1. The average Bonchev–Trinajstić information content (AvgIpc) is 3.13. The summed E-state index contributed by atoms with van der Waals surface area (Å²) in [5, 5.41) is 2.67. The minimum Gasteiger partial charge on any atom is -0.493 e. The monoisotopic (exact) mass is 427 g/mol. The highest BCUT2D eigenvalue weighted by Gasteiger charge is 2.16. The maximum atomic E-state index is 12.4. The summed E-state index contributed by atoms with van der Waals surface area (Å²) >= 11 is 1.47. The van der Waals surface area contributed by atoms with Crippen LogP contribution >= 0.6 is 11.3 Å². The topological polar surface area (TPSA) is 76.1 Å². The lowest BCUT2D eigenvalue weighted by molar-refractivity contribution is 0.0468. The number of rotatable bonds is 6. The molecule has 3 aromatic rings. The van der Waals surface area contributed by atoms with Gasteiger partial charge in [-0.2, -0.15) is 0 Å². The second-order valence-corrected chi connectivity index (χ2v) is 7.36. The van der Waals surface area contributed by atoms with Gasteiger partial charge in [0.15, 0.2) is 23.0 Å². The lowest BCUT2D eigenvalue weighted by Crippen LogP contribution is -2.06. The summed E-state index contributed by atoms with van der Waals surface area (Å²) in [6.07, 6.45) is 0.806. The molecule has 0 bridgehead atoms. The molecule has 0 fully saturated rings. The first-order chi connectivity index (χ1) is 14.7. The van der Waals surface area contributed by atoms with Crippen molar-refractivity contribution in [3.63, 3.8) is 0 Å². The van der Waals surface area contributed by atoms with Crippen molar-refractivity contribution in [2.45, 2.75) is 13.0 Å². The van der Waals surface area contributed by atoms with Crippen LogP contribution in [0.3, 0.4) is 0 Å². The van der Waals surface area contributed by atoms with Gasteiger partial charge in [0.05, 0.1) is 38.7 Å². The van der Waals surface area contributed by atoms with Gasteiger partial charge in [-0.05, 0) is 36.4 Å². The highest BCUT2D eigenvalue weighted by Crippen LogP contribution is 2.34. The Morgan fingerprint density at radius 3 is 2.63 bits per heavy atom. The summed E-state index contributed by atoms with van der Waals surface area (Å²) in [4.78, 5) is 17.0. The van der Waals surface area contributed by atoms with E-state index in [4.69, 9.17) is 23.7 Å². The summed E-state index contributed by atoms with van der Waals surface area (Å²) in [7, 11) is 3.19. The second-order valence-electron chi connectivity index (χ2n) is 6.50. The quantitative estimate of drug-likeness (QED) is 0.542. The van der Waals surface area contributed by atoms with Crippen LogP contribution < -0.4 is 18.9 Å². The fourth-order valence-electron chi connectivity index (χ4n) is 2.99. The normalized spacial score (nSPS) is 12.7. The first kappa shape index (κ1) is 20.0. The van der Waals surface area contributed by atoms with Crippen LogP contribution in [0.25, 0.3) is 10.6 Å². The van der Waals surface area contributed by atoms with Crippen LogP contribution in [0.5, 0.6) is 23.0 Å². The number of ether oxygens (including phenoxy) is 5. The zero-order chi connectivity index (χ0) is 20.9. The molecule has 0 amide bonds. The van der Waals surface area contributed by atoms with Gasteiger partial charge in [0.1, 0.15) is 11.6 Å². The molecule has 4 rings (SSSR count). The van der Waals surface area contributed by atoms with E-state index in [0.717, 1.165) is 17.0 Å². The molecule has 0 aliphatic carbocycles. The van der Waals surface area contributed by atoms with Crippen molar-refractivity contribution < 1.29 is 28.5 Å². The summed E-state index contributed by atoms with van der Waals surface area (Å²) in [5.74, 6) is 2.05. The summed E-state index contributed by atoms with van der Waals surface area (Å²) in [6, 6.07) is 10.7. The largest absolute Gasteiger partial charge is 0.493 e. The molecule has 0 unspecified atom stereocenters. The Morgan fingerprint density at radius 2 is 1.83 bits per heavy atom. The van der Waals surface area contributed by atoms with Gasteiger partial charge in [-0.15, -0.1) is 11.3 Å². The van der Waals surface area contributed by atoms with E-state index in [9.17, 15) is 4.79 Å². The van der Waals surface area contributed by atoms with Crippen molar-refractivity contribution in [1.82, 2.24) is 4.98 Å². The minimum atomic E-state index is -0.439. The maximum Gasteiger partial charge on any atom is 0.338 e. The third kappa shape index (κ3) is 4.33. The standard InChI is InChI=1S/C22H21NO6S/c1-25-17-6-4-14(10-19(17)26-2)21-23-16(13-30-21)12-29-22(24)15-5-7-18-20(11-15)28-9-3-8-27-18/h4-7,10-11,13H,3,8-9,12H2,1-2H3. The number of methoxy groups -OCH3 is 2. The van der Waals surface area contributed by atoms with E-state index in [1.54, 1.807) is 32.4 Å². The first-order valence-corrected chi connectivity index (χ1v) is 10.3. The fourth-order valence-corrected chi connectivity index (χ4v) is 3.79. The smallest absolute Gasteiger partial charge is 0.338 e. The van der Waals surface area contributed by atoms with Crippen LogP contribution in [0.15, 0.2) is 41.8 Å². The number of nitrogens with zero attached hydrogens (tertiary/aromatic N) is 1. The summed E-state index contributed by atoms with van der Waals surface area (Å²) in [6.45, 7) is 1.24. The molecule has 2 aromatic carbocycles. The van der Waals surface area contributed by atoms with E-state index in [0.29, 0.717) is 47.5 Å². The molecular weight excluding hydrogens is 406 g/mol. The molecule has 7 nitrogen and oxygen atoms in total. The zero-order valence-corrected chi connectivity index (χ0v) is 17.5. The number of carbonyl (C=O) groups is 1. The maximum absolute atomic E-state index is 12.4. The van der Waals surface area contributed by atoms with Gasteiger partial charge in [0.25, 0.3) is 0 Å². The molecule has 0 N–H and O–H groups in total. The Morgan fingerprint density at radius 1 is 1.03 bits per heavy atom. The van der Waals surface area contributed by atoms with Crippen molar-refractivity contribution in [2.75, 3.05) is 27.4 Å². The molecule has 0 saturated heterocycles. The van der Waals surface area contributed by atoms with Gasteiger partial charge in [-0.1, -0.05) is 0 Å². The van der Waals surface area contributed by atoms with E-state index in [1.807, 2.05) is 23.6 Å². The minimum absolute atomic E-state index is 0.0804. The molecule has 0 atom stereocenters. The van der Waals surface area contributed by atoms with E-state index in [-0.39, 0.29) is 6.61 Å². The van der Waals surface area contributed by atoms with Crippen molar-refractivity contribution in [3.8, 4) is 33.6 Å². The predicted molar refractivity (Wildman–Crippen MR) is 112 cm³/mol. The Balaban J connectivity index is 1.42. The van der Waals surface area contributed by atoms with Crippen LogP contribution in [0.1, 0.15) is 22.5 Å². The predicted octanol–water partition coefficient (Wildman–Crippen LogP) is 4.35. The Bertz CT molecular complexity index is 1050. The lowest BCUT2D eigenvalue weighted by Gasteiger charge is -2.09. The molecule has 30 heavy (non-hydrogen) atoms. The molecule has 0 saturated carbocycles. The van der Waals surface area contributed by atoms with Gasteiger partial charge < -0.3 is 23.7 Å². The second kappa shape index (κ2) is 9.04. The molecule has 1 aliphatic heterocycles. The molecular formula is C22H21NO6S. The number of fused-ring (bicyclic) bond motifs is 1. The number of hydrogen-bond donors (Lipinski definition) is 0. The van der Waals surface area contributed by atoms with Gasteiger partial charge in [0.2, 0.25) is 0 Å². The SMILES string of the molecule is COc1ccc(-c2nc(COC(=O)c3ccc4c(c3)OCCCO4)cs2)cc1OC. The molecule has 1 aromatic heterocycles. The van der Waals surface area contributed by atoms with E-state index >= 15 is 0 Å². The highest BCUT2D eigenvalue weighted by molar-refractivity contribution is 7.13. The van der Waals surface area contributed by atoms with E-state index < -0.39 is 5.97 Å². The molecule has 2 heterocycles. The fraction of sp³-hybridized carbons (Fsp3) is 0.273. The molecule has 156 valence electrons. The van der Waals surface area contributed by atoms with E-state index in [2.05, 4.69) is 4.98 Å². The van der Waals surface area contributed by atoms with Crippen molar-refractivity contribution in [3.05, 3.63) is 53.0 Å². The summed E-state index contributed by atoms with van der Waals surface area (Å²) in [5.41, 5.74) is 1.99. The molecule has 8 heteroatoms. The van der Waals surface area contributed by atoms with Crippen LogP contribution in [0, 0.1) is 0 Å². The highest BCUT2D eigenvalue weighted by atomic mass is 32.1. The molecule has 0 radical (unpaired) electrons. The van der Waals surface area contributed by atoms with E-state index in [1.165, 1.54) is 11.3 Å². The zero-order valence-electron chi connectivity index (χ0n) is 16.7. The van der Waals surface area contributed by atoms with Gasteiger partial charge in [0, 0.05) is 17.4 Å². The lowest BCUT2D eigenvalue weighted by atomic mass is 10.2. The van der Waals surface area contributed by atoms with Gasteiger partial charge in [-0.25, -0.2) is 9.78 Å².